The standard InChI is InChI=1S/C18H26N4O/c1-12(2)16-13-9-18(3,4)23-11-15(13)21-17(14(16)10-19)22-7-5-20-6-8-22/h12,20H,5-9,11H2,1-4H3. The fourth-order valence-corrected chi connectivity index (χ4v) is 3.59. The number of hydrogen-bond acceptors (Lipinski definition) is 5. The molecule has 3 rings (SSSR count). The summed E-state index contributed by atoms with van der Waals surface area (Å²) in [5.41, 5.74) is 3.98. The van der Waals surface area contributed by atoms with Gasteiger partial charge in [-0.15, -0.1) is 0 Å². The second-order valence-electron chi connectivity index (χ2n) is 7.38. The number of anilines is 1. The molecule has 1 saturated heterocycles. The maximum absolute atomic E-state index is 9.85. The number of nitrogens with one attached hydrogen (secondary N) is 1. The minimum atomic E-state index is -0.193. The topological polar surface area (TPSA) is 61.2 Å². The molecular formula is C18H26N4O. The summed E-state index contributed by atoms with van der Waals surface area (Å²) < 4.78 is 5.97. The van der Waals surface area contributed by atoms with Gasteiger partial charge in [-0.25, -0.2) is 4.98 Å². The molecule has 0 amide bonds. The van der Waals surface area contributed by atoms with Gasteiger partial charge >= 0.3 is 0 Å². The second-order valence-corrected chi connectivity index (χ2v) is 7.38. The minimum absolute atomic E-state index is 0.193. The highest BCUT2D eigenvalue weighted by Gasteiger charge is 2.33. The molecule has 3 heterocycles. The second kappa shape index (κ2) is 6.10. The van der Waals surface area contributed by atoms with Crippen LogP contribution in [0.2, 0.25) is 0 Å². The lowest BCUT2D eigenvalue weighted by Gasteiger charge is -2.36. The van der Waals surface area contributed by atoms with Crippen molar-refractivity contribution >= 4 is 5.82 Å². The van der Waals surface area contributed by atoms with Crippen LogP contribution in [0, 0.1) is 11.3 Å². The Bertz CT molecular complexity index is 639. The highest BCUT2D eigenvalue weighted by Crippen LogP contribution is 2.37. The number of hydrogen-bond donors (Lipinski definition) is 1. The van der Waals surface area contributed by atoms with Crippen LogP contribution in [0.4, 0.5) is 5.82 Å². The zero-order valence-electron chi connectivity index (χ0n) is 14.6. The summed E-state index contributed by atoms with van der Waals surface area (Å²) in [6.07, 6.45) is 0.819. The summed E-state index contributed by atoms with van der Waals surface area (Å²) in [6, 6.07) is 2.45. The molecule has 1 aromatic heterocycles. The van der Waals surface area contributed by atoms with Gasteiger partial charge in [0, 0.05) is 32.6 Å². The fourth-order valence-electron chi connectivity index (χ4n) is 3.59. The summed E-state index contributed by atoms with van der Waals surface area (Å²) in [5.74, 6) is 1.15. The van der Waals surface area contributed by atoms with Crippen LogP contribution in [-0.2, 0) is 17.8 Å². The van der Waals surface area contributed by atoms with E-state index in [0.29, 0.717) is 12.5 Å². The molecule has 0 radical (unpaired) electrons. The van der Waals surface area contributed by atoms with E-state index in [0.717, 1.165) is 49.7 Å². The summed E-state index contributed by atoms with van der Waals surface area (Å²) in [6.45, 7) is 12.7. The number of ether oxygens (including phenoxy) is 1. The zero-order chi connectivity index (χ0) is 16.6. The van der Waals surface area contributed by atoms with Crippen molar-refractivity contribution < 1.29 is 4.74 Å². The van der Waals surface area contributed by atoms with Gasteiger partial charge in [0.05, 0.1) is 23.5 Å². The third kappa shape index (κ3) is 3.06. The first kappa shape index (κ1) is 16.2. The lowest BCUT2D eigenvalue weighted by molar-refractivity contribution is -0.0422. The maximum Gasteiger partial charge on any atom is 0.147 e. The Hall–Kier alpha value is -1.64. The van der Waals surface area contributed by atoms with Crippen molar-refractivity contribution in [2.45, 2.75) is 52.2 Å². The molecule has 1 aromatic rings. The third-order valence-electron chi connectivity index (χ3n) is 4.72. The van der Waals surface area contributed by atoms with Crippen molar-refractivity contribution in [2.24, 2.45) is 0 Å². The van der Waals surface area contributed by atoms with E-state index in [2.05, 4.69) is 44.0 Å². The van der Waals surface area contributed by atoms with E-state index in [1.54, 1.807) is 0 Å². The first-order valence-corrected chi connectivity index (χ1v) is 8.48. The Kier molecular flexibility index (Phi) is 4.31. The van der Waals surface area contributed by atoms with Crippen LogP contribution in [-0.4, -0.2) is 36.8 Å². The van der Waals surface area contributed by atoms with Crippen LogP contribution in [0.15, 0.2) is 0 Å². The molecule has 0 unspecified atom stereocenters. The Balaban J connectivity index is 2.16. The van der Waals surface area contributed by atoms with E-state index in [1.807, 2.05) is 0 Å². The lowest BCUT2D eigenvalue weighted by atomic mass is 9.84. The molecule has 0 spiro atoms. The van der Waals surface area contributed by atoms with E-state index in [-0.39, 0.29) is 5.60 Å². The van der Waals surface area contributed by atoms with E-state index < -0.39 is 0 Å². The average molecular weight is 314 g/mol. The summed E-state index contributed by atoms with van der Waals surface area (Å²) in [7, 11) is 0. The molecule has 2 aliphatic heterocycles. The van der Waals surface area contributed by atoms with Crippen molar-refractivity contribution in [1.29, 1.82) is 5.26 Å². The minimum Gasteiger partial charge on any atom is -0.369 e. The Morgan fingerprint density at radius 1 is 1.30 bits per heavy atom. The molecule has 0 atom stereocenters. The summed E-state index contributed by atoms with van der Waals surface area (Å²) in [4.78, 5) is 7.10. The lowest BCUT2D eigenvalue weighted by Crippen LogP contribution is -2.44. The van der Waals surface area contributed by atoms with Crippen LogP contribution >= 0.6 is 0 Å². The predicted octanol–water partition coefficient (Wildman–Crippen LogP) is 2.34. The van der Waals surface area contributed by atoms with Crippen LogP contribution < -0.4 is 10.2 Å². The summed E-state index contributed by atoms with van der Waals surface area (Å²) >= 11 is 0. The molecular weight excluding hydrogens is 288 g/mol. The number of rotatable bonds is 2. The van der Waals surface area contributed by atoms with Gasteiger partial charge in [-0.3, -0.25) is 0 Å². The molecule has 23 heavy (non-hydrogen) atoms. The van der Waals surface area contributed by atoms with Crippen LogP contribution in [0.25, 0.3) is 0 Å². The molecule has 5 nitrogen and oxygen atoms in total. The molecule has 0 bridgehead atoms. The van der Waals surface area contributed by atoms with Gasteiger partial charge in [-0.2, -0.15) is 5.26 Å². The molecule has 5 heteroatoms. The molecule has 1 N–H and O–H groups in total. The van der Waals surface area contributed by atoms with Crippen molar-refractivity contribution in [2.75, 3.05) is 31.1 Å². The third-order valence-corrected chi connectivity index (χ3v) is 4.72. The van der Waals surface area contributed by atoms with Gasteiger partial charge in [0.25, 0.3) is 0 Å². The number of fused-ring (bicyclic) bond motifs is 1. The van der Waals surface area contributed by atoms with Gasteiger partial charge in [0.2, 0.25) is 0 Å². The largest absolute Gasteiger partial charge is 0.369 e. The zero-order valence-corrected chi connectivity index (χ0v) is 14.6. The first-order valence-electron chi connectivity index (χ1n) is 8.48. The van der Waals surface area contributed by atoms with Crippen molar-refractivity contribution in [3.05, 3.63) is 22.4 Å². The smallest absolute Gasteiger partial charge is 0.147 e. The Morgan fingerprint density at radius 2 is 2.00 bits per heavy atom. The predicted molar refractivity (Wildman–Crippen MR) is 90.7 cm³/mol. The Morgan fingerprint density at radius 3 is 2.61 bits per heavy atom. The molecule has 0 aliphatic carbocycles. The van der Waals surface area contributed by atoms with E-state index in [4.69, 9.17) is 9.72 Å². The van der Waals surface area contributed by atoms with Crippen molar-refractivity contribution in [3.63, 3.8) is 0 Å². The number of nitriles is 1. The van der Waals surface area contributed by atoms with Crippen molar-refractivity contribution in [3.8, 4) is 6.07 Å². The maximum atomic E-state index is 9.85. The number of pyridine rings is 1. The monoisotopic (exact) mass is 314 g/mol. The van der Waals surface area contributed by atoms with E-state index in [1.165, 1.54) is 11.1 Å². The molecule has 1 fully saturated rings. The Labute approximate surface area is 138 Å². The van der Waals surface area contributed by atoms with Crippen LogP contribution in [0.3, 0.4) is 0 Å². The molecule has 0 saturated carbocycles. The van der Waals surface area contributed by atoms with Crippen LogP contribution in [0.1, 0.15) is 56.0 Å². The number of nitrogens with zero attached hydrogens (tertiary/aromatic N) is 3. The first-order chi connectivity index (χ1) is 10.9. The molecule has 124 valence electrons. The average Bonchev–Trinajstić information content (AvgIpc) is 2.52. The van der Waals surface area contributed by atoms with Gasteiger partial charge in [0.15, 0.2) is 0 Å². The van der Waals surface area contributed by atoms with E-state index >= 15 is 0 Å². The highest BCUT2D eigenvalue weighted by molar-refractivity contribution is 5.62. The van der Waals surface area contributed by atoms with Crippen molar-refractivity contribution in [1.82, 2.24) is 10.3 Å². The number of piperazine rings is 1. The number of aromatic nitrogens is 1. The van der Waals surface area contributed by atoms with E-state index in [9.17, 15) is 5.26 Å². The van der Waals surface area contributed by atoms with Gasteiger partial charge < -0.3 is 15.0 Å². The SMILES string of the molecule is CC(C)c1c(C#N)c(N2CCNCC2)nc2c1CC(C)(C)OC2. The quantitative estimate of drug-likeness (QED) is 0.908. The van der Waals surface area contributed by atoms with Crippen LogP contribution in [0.5, 0.6) is 0 Å². The highest BCUT2D eigenvalue weighted by atomic mass is 16.5. The van der Waals surface area contributed by atoms with Gasteiger partial charge in [0.1, 0.15) is 11.9 Å². The molecule has 0 aromatic carbocycles. The fraction of sp³-hybridized carbons (Fsp3) is 0.667. The molecule has 2 aliphatic rings. The van der Waals surface area contributed by atoms with Gasteiger partial charge in [-0.05, 0) is 30.9 Å². The normalized spacial score (nSPS) is 20.3. The van der Waals surface area contributed by atoms with Gasteiger partial charge in [-0.1, -0.05) is 13.8 Å². The summed E-state index contributed by atoms with van der Waals surface area (Å²) in [5, 5.41) is 13.2.